The van der Waals surface area contributed by atoms with Crippen molar-refractivity contribution in [2.24, 2.45) is 0 Å². The van der Waals surface area contributed by atoms with Crippen LogP contribution in [-0.4, -0.2) is 24.2 Å². The molecule has 0 saturated carbocycles. The fourth-order valence-electron chi connectivity index (χ4n) is 1.29. The van der Waals surface area contributed by atoms with E-state index in [-0.39, 0.29) is 11.8 Å². The summed E-state index contributed by atoms with van der Waals surface area (Å²) in [7, 11) is 2.94. The van der Waals surface area contributed by atoms with Gasteiger partial charge in [-0.1, -0.05) is 0 Å². The van der Waals surface area contributed by atoms with E-state index >= 15 is 0 Å². The number of rotatable bonds is 4. The summed E-state index contributed by atoms with van der Waals surface area (Å²) < 4.78 is 28.9. The predicted octanol–water partition coefficient (Wildman–Crippen LogP) is 3.19. The van der Waals surface area contributed by atoms with Crippen LogP contribution in [0.25, 0.3) is 0 Å². The van der Waals surface area contributed by atoms with Crippen LogP contribution in [0, 0.1) is 5.82 Å². The SMILES string of the molecule is COc1cc(OC)nc(Oc2ccc(F)cc2Br)n1. The zero-order valence-corrected chi connectivity index (χ0v) is 11.8. The molecule has 0 spiro atoms. The number of ether oxygens (including phenoxy) is 3. The third kappa shape index (κ3) is 3.31. The van der Waals surface area contributed by atoms with Gasteiger partial charge >= 0.3 is 6.01 Å². The molecule has 1 heterocycles. The maximum atomic E-state index is 13.0. The second-order valence-electron chi connectivity index (χ2n) is 3.41. The summed E-state index contributed by atoms with van der Waals surface area (Å²) in [5, 5.41) is 0. The zero-order valence-electron chi connectivity index (χ0n) is 10.2. The minimum absolute atomic E-state index is 0.0449. The van der Waals surface area contributed by atoms with Crippen molar-refractivity contribution in [1.29, 1.82) is 0 Å². The molecule has 0 unspecified atom stereocenters. The Morgan fingerprint density at radius 2 is 1.68 bits per heavy atom. The summed E-state index contributed by atoms with van der Waals surface area (Å²) in [5.41, 5.74) is 0. The van der Waals surface area contributed by atoms with Crippen LogP contribution in [0.3, 0.4) is 0 Å². The Labute approximate surface area is 117 Å². The molecule has 0 aliphatic heterocycles. The number of methoxy groups -OCH3 is 2. The fraction of sp³-hybridized carbons (Fsp3) is 0.167. The lowest BCUT2D eigenvalue weighted by molar-refractivity contribution is 0.347. The van der Waals surface area contributed by atoms with E-state index < -0.39 is 0 Å². The highest BCUT2D eigenvalue weighted by atomic mass is 79.9. The lowest BCUT2D eigenvalue weighted by Gasteiger charge is -2.08. The van der Waals surface area contributed by atoms with Crippen LogP contribution >= 0.6 is 15.9 Å². The van der Waals surface area contributed by atoms with E-state index in [1.165, 1.54) is 38.5 Å². The predicted molar refractivity (Wildman–Crippen MR) is 69.3 cm³/mol. The molecule has 0 fully saturated rings. The first-order chi connectivity index (χ1) is 9.12. The Morgan fingerprint density at radius 3 is 2.21 bits per heavy atom. The maximum absolute atomic E-state index is 13.0. The van der Waals surface area contributed by atoms with Crippen molar-refractivity contribution in [2.45, 2.75) is 0 Å². The highest BCUT2D eigenvalue weighted by Gasteiger charge is 2.10. The van der Waals surface area contributed by atoms with Gasteiger partial charge in [0.25, 0.3) is 0 Å². The van der Waals surface area contributed by atoms with Gasteiger partial charge in [0.1, 0.15) is 11.6 Å². The van der Waals surface area contributed by atoms with E-state index in [4.69, 9.17) is 14.2 Å². The Balaban J connectivity index is 2.31. The Morgan fingerprint density at radius 1 is 1.05 bits per heavy atom. The van der Waals surface area contributed by atoms with Crippen LogP contribution in [-0.2, 0) is 0 Å². The second-order valence-corrected chi connectivity index (χ2v) is 4.27. The highest BCUT2D eigenvalue weighted by Crippen LogP contribution is 2.30. The van der Waals surface area contributed by atoms with E-state index in [1.807, 2.05) is 0 Å². The van der Waals surface area contributed by atoms with Crippen molar-refractivity contribution < 1.29 is 18.6 Å². The summed E-state index contributed by atoms with van der Waals surface area (Å²) in [6, 6.07) is 5.59. The number of hydrogen-bond acceptors (Lipinski definition) is 5. The molecule has 100 valence electrons. The molecule has 1 aromatic heterocycles. The molecule has 0 bridgehead atoms. The van der Waals surface area contributed by atoms with Crippen molar-refractivity contribution in [3.05, 3.63) is 34.6 Å². The van der Waals surface area contributed by atoms with Crippen LogP contribution in [0.2, 0.25) is 0 Å². The smallest absolute Gasteiger partial charge is 0.328 e. The normalized spacial score (nSPS) is 10.1. The van der Waals surface area contributed by atoms with E-state index in [9.17, 15) is 4.39 Å². The third-order valence-corrected chi connectivity index (χ3v) is 2.79. The van der Waals surface area contributed by atoms with Gasteiger partial charge in [-0.05, 0) is 34.1 Å². The van der Waals surface area contributed by atoms with Crippen LogP contribution in [0.15, 0.2) is 28.7 Å². The topological polar surface area (TPSA) is 53.5 Å². The highest BCUT2D eigenvalue weighted by molar-refractivity contribution is 9.10. The zero-order chi connectivity index (χ0) is 13.8. The van der Waals surface area contributed by atoms with Crippen molar-refractivity contribution in [1.82, 2.24) is 9.97 Å². The van der Waals surface area contributed by atoms with E-state index in [0.717, 1.165) is 0 Å². The van der Waals surface area contributed by atoms with Crippen LogP contribution in [0.5, 0.6) is 23.5 Å². The molecule has 0 aliphatic rings. The second kappa shape index (κ2) is 5.83. The van der Waals surface area contributed by atoms with Crippen molar-refractivity contribution in [3.8, 4) is 23.5 Å². The summed E-state index contributed by atoms with van der Waals surface area (Å²) in [6.45, 7) is 0. The number of halogens is 2. The van der Waals surface area contributed by atoms with Crippen LogP contribution in [0.4, 0.5) is 4.39 Å². The lowest BCUT2D eigenvalue weighted by atomic mass is 10.3. The summed E-state index contributed by atoms with van der Waals surface area (Å²) in [4.78, 5) is 8.02. The molecule has 0 amide bonds. The van der Waals surface area contributed by atoms with Crippen LogP contribution < -0.4 is 14.2 Å². The molecular formula is C12H10BrFN2O3. The largest absolute Gasteiger partial charge is 0.481 e. The molecule has 7 heteroatoms. The first-order valence-corrected chi connectivity index (χ1v) is 6.01. The molecule has 0 aliphatic carbocycles. The molecule has 0 N–H and O–H groups in total. The minimum atomic E-state index is -0.372. The fourth-order valence-corrected chi connectivity index (χ4v) is 1.73. The van der Waals surface area contributed by atoms with Crippen molar-refractivity contribution >= 4 is 15.9 Å². The number of benzene rings is 1. The van der Waals surface area contributed by atoms with E-state index in [2.05, 4.69) is 25.9 Å². The van der Waals surface area contributed by atoms with Gasteiger partial charge in [-0.25, -0.2) is 4.39 Å². The van der Waals surface area contributed by atoms with Gasteiger partial charge in [-0.3, -0.25) is 0 Å². The standard InChI is InChI=1S/C12H10BrFN2O3/c1-17-10-6-11(18-2)16-12(15-10)19-9-4-3-7(14)5-8(9)13/h3-6H,1-2H3. The van der Waals surface area contributed by atoms with Gasteiger partial charge in [0, 0.05) is 0 Å². The third-order valence-electron chi connectivity index (χ3n) is 2.17. The van der Waals surface area contributed by atoms with Gasteiger partial charge in [0.05, 0.1) is 24.8 Å². The minimum Gasteiger partial charge on any atom is -0.481 e. The van der Waals surface area contributed by atoms with Crippen LogP contribution in [0.1, 0.15) is 0 Å². The van der Waals surface area contributed by atoms with E-state index in [1.54, 1.807) is 0 Å². The molecule has 1 aromatic carbocycles. The van der Waals surface area contributed by atoms with E-state index in [0.29, 0.717) is 22.0 Å². The lowest BCUT2D eigenvalue weighted by Crippen LogP contribution is -1.98. The first kappa shape index (κ1) is 13.5. The van der Waals surface area contributed by atoms with Gasteiger partial charge in [0.15, 0.2) is 0 Å². The molecular weight excluding hydrogens is 319 g/mol. The number of hydrogen-bond donors (Lipinski definition) is 0. The Hall–Kier alpha value is -1.89. The van der Waals surface area contributed by atoms with Gasteiger partial charge in [-0.15, -0.1) is 0 Å². The molecule has 2 aromatic rings. The summed E-state index contributed by atoms with van der Waals surface area (Å²) >= 11 is 3.19. The van der Waals surface area contributed by atoms with Gasteiger partial charge < -0.3 is 14.2 Å². The molecule has 2 rings (SSSR count). The Kier molecular flexibility index (Phi) is 4.16. The Bertz CT molecular complexity index is 573. The van der Waals surface area contributed by atoms with Crippen molar-refractivity contribution in [2.75, 3.05) is 14.2 Å². The monoisotopic (exact) mass is 328 g/mol. The molecule has 0 atom stereocenters. The molecule has 19 heavy (non-hydrogen) atoms. The molecule has 0 saturated heterocycles. The molecule has 0 radical (unpaired) electrons. The van der Waals surface area contributed by atoms with Gasteiger partial charge in [0.2, 0.25) is 11.8 Å². The van der Waals surface area contributed by atoms with Crippen molar-refractivity contribution in [3.63, 3.8) is 0 Å². The molecule has 5 nitrogen and oxygen atoms in total. The van der Waals surface area contributed by atoms with Gasteiger partial charge in [-0.2, -0.15) is 9.97 Å². The average Bonchev–Trinajstić information content (AvgIpc) is 2.41. The quantitative estimate of drug-likeness (QED) is 0.862. The average molecular weight is 329 g/mol. The first-order valence-electron chi connectivity index (χ1n) is 5.22. The summed E-state index contributed by atoms with van der Waals surface area (Å²) in [5.74, 6) is 0.625. The maximum Gasteiger partial charge on any atom is 0.328 e. The number of nitrogens with zero attached hydrogens (tertiary/aromatic N) is 2. The summed E-state index contributed by atoms with van der Waals surface area (Å²) in [6.07, 6.45) is 0. The number of aromatic nitrogens is 2.